The molecule has 0 bridgehead atoms. The fourth-order valence-corrected chi connectivity index (χ4v) is 4.63. The lowest BCUT2D eigenvalue weighted by atomic mass is 10.0. The number of carbonyl (C=O) groups is 2. The lowest BCUT2D eigenvalue weighted by Gasteiger charge is -2.32. The Labute approximate surface area is 164 Å². The van der Waals surface area contributed by atoms with Gasteiger partial charge in [-0.2, -0.15) is 0 Å². The molecule has 3 aliphatic rings. The lowest BCUT2D eigenvalue weighted by Crippen LogP contribution is -2.47. The Morgan fingerprint density at radius 3 is 2.68 bits per heavy atom. The van der Waals surface area contributed by atoms with Crippen molar-refractivity contribution in [1.82, 2.24) is 10.2 Å². The maximum atomic E-state index is 12.7. The van der Waals surface area contributed by atoms with Gasteiger partial charge in [0.05, 0.1) is 12.5 Å². The molecule has 1 atom stereocenters. The van der Waals surface area contributed by atoms with Gasteiger partial charge in [-0.3, -0.25) is 14.5 Å². The minimum atomic E-state index is -2.32. The van der Waals surface area contributed by atoms with Gasteiger partial charge in [-0.25, -0.2) is 8.78 Å². The van der Waals surface area contributed by atoms with Crippen LogP contribution in [0.1, 0.15) is 36.8 Å². The molecule has 0 saturated carbocycles. The van der Waals surface area contributed by atoms with E-state index in [9.17, 15) is 18.4 Å². The normalized spacial score (nSPS) is 23.5. The van der Waals surface area contributed by atoms with E-state index in [-0.39, 0.29) is 36.7 Å². The van der Waals surface area contributed by atoms with Crippen LogP contribution in [0.3, 0.4) is 0 Å². The second kappa shape index (κ2) is 8.15. The van der Waals surface area contributed by atoms with Crippen molar-refractivity contribution < 1.29 is 18.4 Å². The fraction of sp³-hybridized carbons (Fsp3) is 0.619. The van der Waals surface area contributed by atoms with E-state index in [0.29, 0.717) is 32.5 Å². The third-order valence-electron chi connectivity index (χ3n) is 6.22. The maximum absolute atomic E-state index is 12.7. The van der Waals surface area contributed by atoms with E-state index in [1.54, 1.807) is 9.80 Å². The number of nitrogens with one attached hydrogen (secondary N) is 1. The number of piperidine rings is 1. The number of alkyl halides is 2. The largest absolute Gasteiger partial charge is 0.353 e. The summed E-state index contributed by atoms with van der Waals surface area (Å²) in [6.45, 7) is 1.35. The van der Waals surface area contributed by atoms with E-state index in [4.69, 9.17) is 0 Å². The van der Waals surface area contributed by atoms with Crippen LogP contribution in [0.4, 0.5) is 14.5 Å². The molecule has 0 radical (unpaired) electrons. The smallest absolute Gasteiger partial charge is 0.251 e. The van der Waals surface area contributed by atoms with E-state index in [1.807, 2.05) is 6.07 Å². The zero-order valence-electron chi connectivity index (χ0n) is 16.0. The van der Waals surface area contributed by atoms with Crippen LogP contribution in [0, 0.1) is 5.92 Å². The van der Waals surface area contributed by atoms with E-state index >= 15 is 0 Å². The quantitative estimate of drug-likeness (QED) is 0.839. The molecule has 0 aromatic heterocycles. The monoisotopic (exact) mass is 391 g/mol. The zero-order valence-corrected chi connectivity index (χ0v) is 16.0. The summed E-state index contributed by atoms with van der Waals surface area (Å²) in [6.07, 6.45) is 2.58. The fourth-order valence-electron chi connectivity index (χ4n) is 4.63. The number of benzene rings is 1. The van der Waals surface area contributed by atoms with E-state index < -0.39 is 6.43 Å². The minimum Gasteiger partial charge on any atom is -0.353 e. The van der Waals surface area contributed by atoms with Crippen molar-refractivity contribution in [2.75, 3.05) is 31.1 Å². The highest BCUT2D eigenvalue weighted by molar-refractivity contribution is 6.00. The summed E-state index contributed by atoms with van der Waals surface area (Å²) in [7, 11) is 0. The number of halogens is 2. The van der Waals surface area contributed by atoms with Gasteiger partial charge in [0.2, 0.25) is 11.8 Å². The SMILES string of the molecule is O=C(NC1CCN(CC(F)F)CC1)C1CC(=O)N(c2ccc3c(c2)CCC3)C1. The predicted molar refractivity (Wildman–Crippen MR) is 103 cm³/mol. The summed E-state index contributed by atoms with van der Waals surface area (Å²) in [5.41, 5.74) is 3.57. The van der Waals surface area contributed by atoms with E-state index in [2.05, 4.69) is 17.4 Å². The topological polar surface area (TPSA) is 52.7 Å². The number of likely N-dealkylation sites (tertiary alicyclic amines) is 1. The van der Waals surface area contributed by atoms with Gasteiger partial charge in [0.1, 0.15) is 0 Å². The number of aryl methyl sites for hydroxylation is 2. The Kier molecular flexibility index (Phi) is 5.62. The molecule has 2 saturated heterocycles. The van der Waals surface area contributed by atoms with Crippen LogP contribution in [-0.4, -0.2) is 55.4 Å². The lowest BCUT2D eigenvalue weighted by molar-refractivity contribution is -0.127. The van der Waals surface area contributed by atoms with Crippen molar-refractivity contribution in [1.29, 1.82) is 0 Å². The molecule has 152 valence electrons. The van der Waals surface area contributed by atoms with E-state index in [0.717, 1.165) is 24.9 Å². The Morgan fingerprint density at radius 1 is 1.18 bits per heavy atom. The second-order valence-corrected chi connectivity index (χ2v) is 8.19. The van der Waals surface area contributed by atoms with Gasteiger partial charge >= 0.3 is 0 Å². The summed E-state index contributed by atoms with van der Waals surface area (Å²) in [5, 5.41) is 3.04. The molecular formula is C21H27F2N3O2. The van der Waals surface area contributed by atoms with Gasteiger partial charge < -0.3 is 10.2 Å². The number of nitrogens with zero attached hydrogens (tertiary/aromatic N) is 2. The molecule has 1 aliphatic carbocycles. The summed E-state index contributed by atoms with van der Waals surface area (Å²) >= 11 is 0. The number of carbonyl (C=O) groups excluding carboxylic acids is 2. The molecule has 2 fully saturated rings. The standard InChI is InChI=1S/C21H27F2N3O2/c22-19(23)13-25-8-6-17(7-9-25)24-21(28)16-11-20(27)26(12-16)18-5-4-14-2-1-3-15(14)10-18/h4-5,10,16-17,19H,1-3,6-9,11-13H2,(H,24,28). The van der Waals surface area contributed by atoms with E-state index in [1.165, 1.54) is 11.1 Å². The summed E-state index contributed by atoms with van der Waals surface area (Å²) < 4.78 is 24.9. The molecule has 4 rings (SSSR count). The average molecular weight is 391 g/mol. The van der Waals surface area contributed by atoms with Gasteiger partial charge in [-0.05, 0) is 55.4 Å². The van der Waals surface area contributed by atoms with Gasteiger partial charge in [0, 0.05) is 37.8 Å². The molecule has 5 nitrogen and oxygen atoms in total. The maximum Gasteiger partial charge on any atom is 0.251 e. The highest BCUT2D eigenvalue weighted by Crippen LogP contribution is 2.30. The first-order valence-electron chi connectivity index (χ1n) is 10.2. The van der Waals surface area contributed by atoms with Crippen LogP contribution in [0.25, 0.3) is 0 Å². The number of hydrogen-bond donors (Lipinski definition) is 1. The molecule has 28 heavy (non-hydrogen) atoms. The van der Waals surface area contributed by atoms with Crippen molar-refractivity contribution in [2.45, 2.75) is 51.0 Å². The van der Waals surface area contributed by atoms with Gasteiger partial charge in [0.25, 0.3) is 6.43 Å². The zero-order chi connectivity index (χ0) is 19.7. The molecule has 1 aromatic carbocycles. The highest BCUT2D eigenvalue weighted by Gasteiger charge is 2.36. The van der Waals surface area contributed by atoms with Crippen LogP contribution < -0.4 is 10.2 Å². The van der Waals surface area contributed by atoms with Crippen LogP contribution in [-0.2, 0) is 22.4 Å². The molecule has 7 heteroatoms. The third-order valence-corrected chi connectivity index (χ3v) is 6.22. The van der Waals surface area contributed by atoms with Gasteiger partial charge in [-0.1, -0.05) is 6.07 Å². The Balaban J connectivity index is 1.31. The van der Waals surface area contributed by atoms with Crippen molar-refractivity contribution >= 4 is 17.5 Å². The minimum absolute atomic E-state index is 0.00516. The average Bonchev–Trinajstić information content (AvgIpc) is 3.28. The Hall–Kier alpha value is -2.02. The van der Waals surface area contributed by atoms with Crippen molar-refractivity contribution in [2.24, 2.45) is 5.92 Å². The number of hydrogen-bond acceptors (Lipinski definition) is 3. The van der Waals surface area contributed by atoms with Crippen molar-refractivity contribution in [3.05, 3.63) is 29.3 Å². The Bertz CT molecular complexity index is 747. The van der Waals surface area contributed by atoms with Crippen molar-refractivity contribution in [3.63, 3.8) is 0 Å². The van der Waals surface area contributed by atoms with Crippen molar-refractivity contribution in [3.8, 4) is 0 Å². The van der Waals surface area contributed by atoms with Gasteiger partial charge in [0.15, 0.2) is 0 Å². The summed E-state index contributed by atoms with van der Waals surface area (Å²) in [5.74, 6) is -0.450. The highest BCUT2D eigenvalue weighted by atomic mass is 19.3. The molecule has 1 unspecified atom stereocenters. The molecule has 1 aromatic rings. The molecule has 1 N–H and O–H groups in total. The molecule has 2 aliphatic heterocycles. The van der Waals surface area contributed by atoms with Crippen LogP contribution >= 0.6 is 0 Å². The number of rotatable bonds is 5. The summed E-state index contributed by atoms with van der Waals surface area (Å²) in [4.78, 5) is 28.6. The number of amides is 2. The second-order valence-electron chi connectivity index (χ2n) is 8.19. The first-order chi connectivity index (χ1) is 13.5. The van der Waals surface area contributed by atoms with Crippen LogP contribution in [0.5, 0.6) is 0 Å². The molecule has 0 spiro atoms. The van der Waals surface area contributed by atoms with Crippen LogP contribution in [0.15, 0.2) is 18.2 Å². The number of anilines is 1. The Morgan fingerprint density at radius 2 is 1.93 bits per heavy atom. The summed E-state index contributed by atoms with van der Waals surface area (Å²) in [6, 6.07) is 6.19. The predicted octanol–water partition coefficient (Wildman–Crippen LogP) is 2.37. The first-order valence-corrected chi connectivity index (χ1v) is 10.2. The number of fused-ring (bicyclic) bond motifs is 1. The molecular weight excluding hydrogens is 364 g/mol. The third kappa shape index (κ3) is 4.19. The van der Waals surface area contributed by atoms with Gasteiger partial charge in [-0.15, -0.1) is 0 Å². The van der Waals surface area contributed by atoms with Crippen LogP contribution in [0.2, 0.25) is 0 Å². The molecule has 2 amide bonds. The first kappa shape index (κ1) is 19.3. The molecule has 2 heterocycles.